The minimum Gasteiger partial charge on any atom is -0.462 e. The summed E-state index contributed by atoms with van der Waals surface area (Å²) in [6.45, 7) is 10.8. The van der Waals surface area contributed by atoms with Crippen LogP contribution in [0.25, 0.3) is 0 Å². The molecule has 27 nitrogen and oxygen atoms in total. The molecule has 482 valence electrons. The minimum absolute atomic E-state index is 0.0315. The Bertz CT molecular complexity index is 2250. The smallest absolute Gasteiger partial charge is 0.306 e. The lowest BCUT2D eigenvalue weighted by atomic mass is 9.47. The lowest BCUT2D eigenvalue weighted by Gasteiger charge is -2.58. The van der Waals surface area contributed by atoms with E-state index in [1.54, 1.807) is 6.92 Å². The van der Waals surface area contributed by atoms with Gasteiger partial charge in [0.1, 0.15) is 116 Å². The number of carbonyl (C=O) groups excluding carboxylic acids is 2. The highest BCUT2D eigenvalue weighted by molar-refractivity contribution is 5.81. The number of hydrogen-bond acceptors (Lipinski definition) is 27. The lowest BCUT2D eigenvalue weighted by Crippen LogP contribution is -2.67. The zero-order valence-electron chi connectivity index (χ0n) is 48.6. The van der Waals surface area contributed by atoms with Crippen molar-refractivity contribution >= 4 is 11.8 Å². The number of esters is 1. The first-order chi connectivity index (χ1) is 39.6. The van der Waals surface area contributed by atoms with E-state index in [9.17, 15) is 81.1 Å². The van der Waals surface area contributed by atoms with E-state index in [1.165, 1.54) is 20.8 Å². The number of allylic oxidation sites excluding steroid dienone is 1. The highest BCUT2D eigenvalue weighted by Gasteiger charge is 2.64. The summed E-state index contributed by atoms with van der Waals surface area (Å²) in [6.07, 6.45) is -32.2. The van der Waals surface area contributed by atoms with Gasteiger partial charge in [-0.05, 0) is 114 Å². The number of Topliss-reactive ketones (excluding diaryl/α,β-unsaturated/α-hetero) is 1. The average Bonchev–Trinajstić information content (AvgIpc) is 1.86. The molecule has 5 heterocycles. The summed E-state index contributed by atoms with van der Waals surface area (Å²) in [7, 11) is 0. The Morgan fingerprint density at radius 3 is 1.75 bits per heavy atom. The maximum atomic E-state index is 13.6. The van der Waals surface area contributed by atoms with Gasteiger partial charge in [-0.1, -0.05) is 32.4 Å². The molecule has 0 amide bonds. The summed E-state index contributed by atoms with van der Waals surface area (Å²) >= 11 is 0. The summed E-state index contributed by atoms with van der Waals surface area (Å²) in [6, 6.07) is 0. The van der Waals surface area contributed by atoms with Crippen molar-refractivity contribution in [2.75, 3.05) is 19.8 Å². The quantitative estimate of drug-likeness (QED) is 0.0471. The maximum absolute atomic E-state index is 13.6. The standard InChI is InChI=1S/C57H92O27/c1-21(20-74-51-43(69)41(67)38(64)32(18-58)80-51)8-11-34(61)79-31-17-30-28-10-9-26-16-27(12-14-56(26,6)29(28)13-15-57(30,7)35(31)22(2)60)78-55-50(84-53-45(71)40(66)37(63)24(4)76-53)47(73)49(33(19-59)81-55)83-54-46(72)42(68)48(25(5)77-54)82-52-44(70)39(65)36(62)23(3)75-52/h9,21,23-25,27-33,35-55,58-59,62-73H,8,10-20H2,1-7H3/t21-,23?,24?,25?,27+,28-,29+,30+,31+,32?,33?,35+,36+,37+,38-,39?,40?,41+,42?,43?,44+,45+,46+,47+,48+,49-,50?,51-,52+,53+,54+,55-,56+,57+/m1/s1. The van der Waals surface area contributed by atoms with Crippen molar-refractivity contribution in [1.29, 1.82) is 0 Å². The molecule has 0 aromatic heterocycles. The monoisotopic (exact) mass is 1210 g/mol. The van der Waals surface area contributed by atoms with E-state index in [-0.39, 0.29) is 47.9 Å². The van der Waals surface area contributed by atoms with Crippen LogP contribution in [-0.4, -0.2) is 269 Å². The third-order valence-electron chi connectivity index (χ3n) is 20.4. The summed E-state index contributed by atoms with van der Waals surface area (Å²) in [5, 5.41) is 149. The second-order valence-corrected chi connectivity index (χ2v) is 25.9. The van der Waals surface area contributed by atoms with Crippen molar-refractivity contribution in [3.05, 3.63) is 11.6 Å². The first-order valence-electron chi connectivity index (χ1n) is 29.9. The first kappa shape index (κ1) is 66.3. The van der Waals surface area contributed by atoms with Gasteiger partial charge in [0.25, 0.3) is 0 Å². The fraction of sp³-hybridized carbons (Fsp3) is 0.930. The van der Waals surface area contributed by atoms with Gasteiger partial charge in [-0.25, -0.2) is 0 Å². The third-order valence-corrected chi connectivity index (χ3v) is 20.4. The summed E-state index contributed by atoms with van der Waals surface area (Å²) in [4.78, 5) is 27.2. The Morgan fingerprint density at radius 2 is 1.14 bits per heavy atom. The number of fused-ring (bicyclic) bond motifs is 5. The molecule has 8 fully saturated rings. The number of hydrogen-bond donors (Lipinski definition) is 14. The van der Waals surface area contributed by atoms with Gasteiger partial charge in [0, 0.05) is 6.42 Å². The molecule has 0 spiro atoms. The number of ether oxygens (including phenoxy) is 11. The van der Waals surface area contributed by atoms with E-state index in [0.717, 1.165) is 18.4 Å². The van der Waals surface area contributed by atoms with Gasteiger partial charge in [-0.15, -0.1) is 0 Å². The Labute approximate surface area is 487 Å². The van der Waals surface area contributed by atoms with E-state index in [2.05, 4.69) is 19.9 Å². The van der Waals surface area contributed by atoms with Gasteiger partial charge < -0.3 is 124 Å². The molecule has 0 aromatic rings. The molecule has 84 heavy (non-hydrogen) atoms. The second kappa shape index (κ2) is 26.8. The molecule has 0 radical (unpaired) electrons. The Morgan fingerprint density at radius 1 is 0.595 bits per heavy atom. The van der Waals surface area contributed by atoms with Gasteiger partial charge in [0.05, 0.1) is 50.2 Å². The predicted octanol–water partition coefficient (Wildman–Crippen LogP) is -3.35. The number of aliphatic hydroxyl groups excluding tert-OH is 14. The SMILES string of the molecule is CC(=O)[C@H]1[C@@H](OC(=O)CC[C@@H](C)CO[C@@H]2OC(CO)[C@@H](O)[C@H](O)C2O)C[C@H]2[C@@H]3CC=C4C[C@@H](O[C@@H]5OC(CO)[C@@H](O[C@@H]6OC(C)[C@H](O[C@@H]7OC(C)[C@H](O)C(O)[C@@H]7O)C(O)[C@@H]6O)[C@H](O)C5O[C@@H]5OC(C)[C@H](O)C(O)[C@@H]5O)CC[C@]4(C)[C@H]3CC[C@@]21C. The molecular formula is C57H92O27. The van der Waals surface area contributed by atoms with Crippen LogP contribution in [0.1, 0.15) is 106 Å². The molecule has 4 aliphatic carbocycles. The third kappa shape index (κ3) is 12.8. The van der Waals surface area contributed by atoms with Crippen LogP contribution in [0.3, 0.4) is 0 Å². The van der Waals surface area contributed by atoms with E-state index in [1.807, 2.05) is 6.92 Å². The van der Waals surface area contributed by atoms with Crippen LogP contribution in [0.2, 0.25) is 0 Å². The largest absolute Gasteiger partial charge is 0.462 e. The second-order valence-electron chi connectivity index (χ2n) is 25.9. The molecule has 0 aromatic carbocycles. The van der Waals surface area contributed by atoms with Crippen molar-refractivity contribution in [3.8, 4) is 0 Å². The van der Waals surface area contributed by atoms with Gasteiger partial charge in [-0.3, -0.25) is 9.59 Å². The van der Waals surface area contributed by atoms with Crippen LogP contribution in [0.5, 0.6) is 0 Å². The van der Waals surface area contributed by atoms with Crippen LogP contribution < -0.4 is 0 Å². The molecule has 10 unspecified atom stereocenters. The molecular weight excluding hydrogens is 1120 g/mol. The first-order valence-corrected chi connectivity index (χ1v) is 29.9. The average molecular weight is 1210 g/mol. The molecule has 3 saturated carbocycles. The molecule has 5 saturated heterocycles. The fourth-order valence-electron chi connectivity index (χ4n) is 15.4. The summed E-state index contributed by atoms with van der Waals surface area (Å²) in [5.74, 6) is -0.803. The predicted molar refractivity (Wildman–Crippen MR) is 282 cm³/mol. The maximum Gasteiger partial charge on any atom is 0.306 e. The normalized spacial score (nSPS) is 51.9. The lowest BCUT2D eigenvalue weighted by molar-refractivity contribution is -0.394. The van der Waals surface area contributed by atoms with Gasteiger partial charge in [-0.2, -0.15) is 0 Å². The van der Waals surface area contributed by atoms with E-state index in [4.69, 9.17) is 52.1 Å². The minimum atomic E-state index is -1.90. The molecule has 0 bridgehead atoms. The Balaban J connectivity index is 0.851. The van der Waals surface area contributed by atoms with E-state index < -0.39 is 196 Å². The van der Waals surface area contributed by atoms with Crippen LogP contribution in [0.4, 0.5) is 0 Å². The number of carbonyl (C=O) groups is 2. The number of aliphatic hydroxyl groups is 14. The Hall–Kier alpha value is -2.08. The molecule has 9 aliphatic rings. The number of rotatable bonds is 18. The van der Waals surface area contributed by atoms with E-state index in [0.29, 0.717) is 38.5 Å². The van der Waals surface area contributed by atoms with E-state index >= 15 is 0 Å². The van der Waals surface area contributed by atoms with Crippen molar-refractivity contribution in [2.24, 2.45) is 40.4 Å². The fourth-order valence-corrected chi connectivity index (χ4v) is 15.4. The molecule has 5 aliphatic heterocycles. The van der Waals surface area contributed by atoms with Crippen molar-refractivity contribution < 1.29 is 133 Å². The highest BCUT2D eigenvalue weighted by atomic mass is 16.8. The zero-order chi connectivity index (χ0) is 61.2. The molecule has 9 rings (SSSR count). The van der Waals surface area contributed by atoms with Crippen LogP contribution >= 0.6 is 0 Å². The van der Waals surface area contributed by atoms with Gasteiger partial charge >= 0.3 is 5.97 Å². The summed E-state index contributed by atoms with van der Waals surface area (Å²) in [5.41, 5.74) is 0.418. The Kier molecular flexibility index (Phi) is 21.2. The topological polar surface area (TPSA) is 419 Å². The highest BCUT2D eigenvalue weighted by Crippen LogP contribution is 2.67. The van der Waals surface area contributed by atoms with Gasteiger partial charge in [0.15, 0.2) is 31.5 Å². The zero-order valence-corrected chi connectivity index (χ0v) is 48.6. The summed E-state index contributed by atoms with van der Waals surface area (Å²) < 4.78 is 65.8. The molecule has 34 atom stereocenters. The molecule has 14 N–H and O–H groups in total. The van der Waals surface area contributed by atoms with Crippen molar-refractivity contribution in [2.45, 2.75) is 272 Å². The van der Waals surface area contributed by atoms with Crippen LogP contribution in [-0.2, 0) is 61.7 Å². The van der Waals surface area contributed by atoms with Crippen molar-refractivity contribution in [1.82, 2.24) is 0 Å². The van der Waals surface area contributed by atoms with Crippen LogP contribution in [0.15, 0.2) is 11.6 Å². The van der Waals surface area contributed by atoms with Gasteiger partial charge in [0.2, 0.25) is 0 Å². The van der Waals surface area contributed by atoms with Crippen LogP contribution in [0, 0.1) is 40.4 Å². The molecule has 27 heteroatoms. The van der Waals surface area contributed by atoms with Crippen molar-refractivity contribution in [3.63, 3.8) is 0 Å². The number of ketones is 1.